The van der Waals surface area contributed by atoms with E-state index in [4.69, 9.17) is 9.15 Å². The van der Waals surface area contributed by atoms with Crippen LogP contribution in [0.25, 0.3) is 0 Å². The third kappa shape index (κ3) is 6.61. The third-order valence-electron chi connectivity index (χ3n) is 4.69. The largest absolute Gasteiger partial charge is 0.494 e. The highest BCUT2D eigenvalue weighted by Gasteiger charge is 2.34. The van der Waals surface area contributed by atoms with Crippen LogP contribution in [0.1, 0.15) is 46.5 Å². The summed E-state index contributed by atoms with van der Waals surface area (Å²) in [5.41, 5.74) is -1.25. The summed E-state index contributed by atoms with van der Waals surface area (Å²) in [5, 5.41) is 4.66. The minimum atomic E-state index is -4.76. The number of furan rings is 1. The maximum atomic E-state index is 13.6. The van der Waals surface area contributed by atoms with Crippen molar-refractivity contribution in [2.24, 2.45) is 5.92 Å². The van der Waals surface area contributed by atoms with Crippen LogP contribution in [0.5, 0.6) is 5.75 Å². The number of hydrogen-bond acceptors (Lipinski definition) is 4. The average Bonchev–Trinajstić information content (AvgIpc) is 3.29. The Labute approximate surface area is 188 Å². The SMILES string of the molecule is CC(C)CCOc1ccc(C(=O)Nc2ccc(NC(=O)c3ccoc3)cc2C(F)(F)F)cc1. The van der Waals surface area contributed by atoms with Crippen LogP contribution in [-0.4, -0.2) is 18.4 Å². The zero-order valence-corrected chi connectivity index (χ0v) is 18.0. The van der Waals surface area contributed by atoms with E-state index in [9.17, 15) is 22.8 Å². The Morgan fingerprint density at radius 2 is 1.67 bits per heavy atom. The number of ether oxygens (including phenoxy) is 1. The van der Waals surface area contributed by atoms with E-state index in [1.807, 2.05) is 0 Å². The van der Waals surface area contributed by atoms with Gasteiger partial charge in [0.15, 0.2) is 0 Å². The molecule has 0 radical (unpaired) electrons. The summed E-state index contributed by atoms with van der Waals surface area (Å²) < 4.78 is 51.3. The van der Waals surface area contributed by atoms with Gasteiger partial charge in [0.1, 0.15) is 12.0 Å². The summed E-state index contributed by atoms with van der Waals surface area (Å²) in [6.45, 7) is 4.68. The second-order valence-electron chi connectivity index (χ2n) is 7.73. The first-order chi connectivity index (χ1) is 15.6. The van der Waals surface area contributed by atoms with Gasteiger partial charge in [0.05, 0.1) is 29.7 Å². The van der Waals surface area contributed by atoms with Crippen molar-refractivity contribution in [2.75, 3.05) is 17.2 Å². The molecule has 3 rings (SSSR count). The molecule has 6 nitrogen and oxygen atoms in total. The second-order valence-corrected chi connectivity index (χ2v) is 7.73. The topological polar surface area (TPSA) is 80.6 Å². The summed E-state index contributed by atoms with van der Waals surface area (Å²) in [4.78, 5) is 24.6. The Morgan fingerprint density at radius 3 is 2.27 bits per heavy atom. The Kier molecular flexibility index (Phi) is 7.42. The lowest BCUT2D eigenvalue weighted by molar-refractivity contribution is -0.136. The van der Waals surface area contributed by atoms with Gasteiger partial charge in [-0.3, -0.25) is 9.59 Å². The summed E-state index contributed by atoms with van der Waals surface area (Å²) in [5.74, 6) is -0.266. The Balaban J connectivity index is 1.72. The lowest BCUT2D eigenvalue weighted by Gasteiger charge is -2.16. The molecule has 0 unspecified atom stereocenters. The van der Waals surface area contributed by atoms with Crippen LogP contribution in [-0.2, 0) is 6.18 Å². The van der Waals surface area contributed by atoms with Crippen molar-refractivity contribution < 1.29 is 31.9 Å². The van der Waals surface area contributed by atoms with Gasteiger partial charge < -0.3 is 19.8 Å². The lowest BCUT2D eigenvalue weighted by atomic mass is 10.1. The summed E-state index contributed by atoms with van der Waals surface area (Å²) in [6, 6.07) is 10.7. The van der Waals surface area contributed by atoms with Gasteiger partial charge in [-0.25, -0.2) is 0 Å². The number of rotatable bonds is 8. The van der Waals surface area contributed by atoms with Gasteiger partial charge in [-0.1, -0.05) is 13.8 Å². The molecule has 1 heterocycles. The monoisotopic (exact) mass is 460 g/mol. The number of hydrogen-bond donors (Lipinski definition) is 2. The van der Waals surface area contributed by atoms with E-state index in [0.717, 1.165) is 18.6 Å². The van der Waals surface area contributed by atoms with Crippen molar-refractivity contribution in [1.82, 2.24) is 0 Å². The van der Waals surface area contributed by atoms with E-state index in [0.29, 0.717) is 18.3 Å². The van der Waals surface area contributed by atoms with Crippen molar-refractivity contribution in [2.45, 2.75) is 26.4 Å². The number of alkyl halides is 3. The van der Waals surface area contributed by atoms with E-state index in [1.165, 1.54) is 36.8 Å². The number of halogens is 3. The third-order valence-corrected chi connectivity index (χ3v) is 4.69. The number of anilines is 2. The molecule has 9 heteroatoms. The first-order valence-corrected chi connectivity index (χ1v) is 10.2. The first-order valence-electron chi connectivity index (χ1n) is 10.2. The fourth-order valence-electron chi connectivity index (χ4n) is 2.87. The second kappa shape index (κ2) is 10.2. The summed E-state index contributed by atoms with van der Waals surface area (Å²) in [6.07, 6.45) is -1.43. The lowest BCUT2D eigenvalue weighted by Crippen LogP contribution is -2.18. The van der Waals surface area contributed by atoms with Crippen LogP contribution in [0.4, 0.5) is 24.5 Å². The number of amides is 2. The quantitative estimate of drug-likeness (QED) is 0.418. The van der Waals surface area contributed by atoms with Crippen molar-refractivity contribution in [3.05, 3.63) is 77.7 Å². The van der Waals surface area contributed by atoms with E-state index >= 15 is 0 Å². The zero-order valence-electron chi connectivity index (χ0n) is 18.0. The normalized spacial score (nSPS) is 11.3. The van der Waals surface area contributed by atoms with Gasteiger partial charge in [0.25, 0.3) is 11.8 Å². The van der Waals surface area contributed by atoms with Crippen LogP contribution >= 0.6 is 0 Å². The average molecular weight is 460 g/mol. The molecule has 0 spiro atoms. The molecule has 2 aromatic carbocycles. The highest BCUT2D eigenvalue weighted by atomic mass is 19.4. The minimum Gasteiger partial charge on any atom is -0.494 e. The summed E-state index contributed by atoms with van der Waals surface area (Å²) in [7, 11) is 0. The molecular formula is C24H23F3N2O4. The molecule has 33 heavy (non-hydrogen) atoms. The molecule has 0 fully saturated rings. The van der Waals surface area contributed by atoms with Crippen LogP contribution in [0.3, 0.4) is 0 Å². The van der Waals surface area contributed by atoms with Crippen molar-refractivity contribution in [3.63, 3.8) is 0 Å². The first kappa shape index (κ1) is 23.9. The predicted octanol–water partition coefficient (Wildman–Crippen LogP) is 6.23. The molecule has 0 aliphatic rings. The Morgan fingerprint density at radius 1 is 0.970 bits per heavy atom. The van der Waals surface area contributed by atoms with E-state index in [2.05, 4.69) is 24.5 Å². The predicted molar refractivity (Wildman–Crippen MR) is 117 cm³/mol. The van der Waals surface area contributed by atoms with E-state index in [-0.39, 0.29) is 16.8 Å². The standard InChI is InChI=1S/C24H23F3N2O4/c1-15(2)9-12-33-19-6-3-16(4-7-19)22(30)29-21-8-5-18(13-20(21)24(25,26)27)28-23(31)17-10-11-32-14-17/h3-8,10-11,13-15H,9,12H2,1-2H3,(H,28,31)(H,29,30). The molecule has 2 amide bonds. The minimum absolute atomic E-state index is 0.0746. The van der Waals surface area contributed by atoms with Crippen molar-refractivity contribution in [3.8, 4) is 5.75 Å². The number of carbonyl (C=O) groups excluding carboxylic acids is 2. The molecule has 0 aliphatic carbocycles. The number of benzene rings is 2. The molecule has 0 bridgehead atoms. The Hall–Kier alpha value is -3.75. The fraction of sp³-hybridized carbons (Fsp3) is 0.250. The highest BCUT2D eigenvalue weighted by Crippen LogP contribution is 2.37. The molecule has 0 atom stereocenters. The van der Waals surface area contributed by atoms with Gasteiger partial charge in [-0.2, -0.15) is 13.2 Å². The fourth-order valence-corrected chi connectivity index (χ4v) is 2.87. The molecule has 0 saturated carbocycles. The maximum Gasteiger partial charge on any atom is 0.418 e. The smallest absolute Gasteiger partial charge is 0.418 e. The molecule has 0 aliphatic heterocycles. The summed E-state index contributed by atoms with van der Waals surface area (Å²) >= 11 is 0. The van der Waals surface area contributed by atoms with Crippen molar-refractivity contribution >= 4 is 23.2 Å². The zero-order chi connectivity index (χ0) is 24.0. The van der Waals surface area contributed by atoms with Gasteiger partial charge in [-0.05, 0) is 60.9 Å². The maximum absolute atomic E-state index is 13.6. The van der Waals surface area contributed by atoms with Gasteiger partial charge in [0, 0.05) is 11.3 Å². The highest BCUT2D eigenvalue weighted by molar-refractivity contribution is 6.06. The van der Waals surface area contributed by atoms with Crippen LogP contribution in [0, 0.1) is 5.92 Å². The van der Waals surface area contributed by atoms with Gasteiger partial charge >= 0.3 is 6.18 Å². The van der Waals surface area contributed by atoms with Gasteiger partial charge in [0.2, 0.25) is 0 Å². The van der Waals surface area contributed by atoms with Crippen LogP contribution in [0.2, 0.25) is 0 Å². The molecule has 174 valence electrons. The molecular weight excluding hydrogens is 437 g/mol. The molecule has 1 aromatic heterocycles. The molecule has 2 N–H and O–H groups in total. The van der Waals surface area contributed by atoms with E-state index < -0.39 is 29.2 Å². The molecule has 3 aromatic rings. The Bertz CT molecular complexity index is 1090. The molecule has 0 saturated heterocycles. The number of carbonyl (C=O) groups is 2. The van der Waals surface area contributed by atoms with Crippen molar-refractivity contribution in [1.29, 1.82) is 0 Å². The van der Waals surface area contributed by atoms with Crippen LogP contribution < -0.4 is 15.4 Å². The number of nitrogens with one attached hydrogen (secondary N) is 2. The van der Waals surface area contributed by atoms with Crippen LogP contribution in [0.15, 0.2) is 65.5 Å². The van der Waals surface area contributed by atoms with E-state index in [1.54, 1.807) is 12.1 Å². The van der Waals surface area contributed by atoms with Gasteiger partial charge in [-0.15, -0.1) is 0 Å².